The van der Waals surface area contributed by atoms with Gasteiger partial charge in [0.15, 0.2) is 0 Å². The zero-order valence-corrected chi connectivity index (χ0v) is 8.65. The fourth-order valence-electron chi connectivity index (χ4n) is 0.775. The first-order valence-electron chi connectivity index (χ1n) is 3.35. The third-order valence-corrected chi connectivity index (χ3v) is 3.56. The first-order valence-corrected chi connectivity index (χ1v) is 7.66. The van der Waals surface area contributed by atoms with Crippen molar-refractivity contribution in [2.75, 3.05) is 0 Å². The Morgan fingerprint density at radius 1 is 1.60 bits per heavy atom. The summed E-state index contributed by atoms with van der Waals surface area (Å²) in [5.41, 5.74) is 0. The van der Waals surface area contributed by atoms with Crippen LogP contribution < -0.4 is 0 Å². The van der Waals surface area contributed by atoms with Crippen LogP contribution in [0, 0.1) is 17.2 Å². The maximum absolute atomic E-state index is 8.36. The minimum Gasteiger partial charge on any atom is -0.198 e. The standard InChI is InChI=1S/C6H11Cl2NSi/c1-2-6(3-4-9)5-10(7)8/h6,10H,2-3,5H2,1H3. The summed E-state index contributed by atoms with van der Waals surface area (Å²) in [6.07, 6.45) is 1.61. The van der Waals surface area contributed by atoms with Crippen molar-refractivity contribution in [3.05, 3.63) is 0 Å². The van der Waals surface area contributed by atoms with E-state index in [2.05, 4.69) is 13.0 Å². The van der Waals surface area contributed by atoms with Gasteiger partial charge < -0.3 is 0 Å². The average Bonchev–Trinajstić information content (AvgIpc) is 1.86. The molecule has 1 unspecified atom stereocenters. The molecule has 0 radical (unpaired) electrons. The van der Waals surface area contributed by atoms with Crippen LogP contribution in [0.25, 0.3) is 0 Å². The van der Waals surface area contributed by atoms with E-state index in [-0.39, 0.29) is 0 Å². The fourth-order valence-corrected chi connectivity index (χ4v) is 3.29. The molecule has 10 heavy (non-hydrogen) atoms. The summed E-state index contributed by atoms with van der Waals surface area (Å²) < 4.78 is 0. The summed E-state index contributed by atoms with van der Waals surface area (Å²) in [7, 11) is -1.48. The lowest BCUT2D eigenvalue weighted by Crippen LogP contribution is -2.04. The molecule has 0 aliphatic carbocycles. The Kier molecular flexibility index (Phi) is 6.20. The molecule has 0 saturated carbocycles. The highest BCUT2D eigenvalue weighted by molar-refractivity contribution is 7.33. The van der Waals surface area contributed by atoms with Crippen LogP contribution in [0.4, 0.5) is 0 Å². The normalized spacial score (nSPS) is 13.1. The van der Waals surface area contributed by atoms with Gasteiger partial charge in [0, 0.05) is 6.42 Å². The van der Waals surface area contributed by atoms with Crippen LogP contribution in [0.15, 0.2) is 0 Å². The molecule has 4 heteroatoms. The molecule has 1 atom stereocenters. The molecule has 0 N–H and O–H groups in total. The number of hydrogen-bond donors (Lipinski definition) is 0. The summed E-state index contributed by atoms with van der Waals surface area (Å²) in [5.74, 6) is 0.427. The lowest BCUT2D eigenvalue weighted by molar-refractivity contribution is 0.575. The van der Waals surface area contributed by atoms with E-state index in [4.69, 9.17) is 27.4 Å². The number of hydrogen-bond acceptors (Lipinski definition) is 1. The highest BCUT2D eigenvalue weighted by atomic mass is 35.7. The van der Waals surface area contributed by atoms with Gasteiger partial charge in [-0.3, -0.25) is 0 Å². The SMILES string of the molecule is CCC(CC#N)C[SiH](Cl)Cl. The zero-order valence-electron chi connectivity index (χ0n) is 5.98. The van der Waals surface area contributed by atoms with Gasteiger partial charge in [0.2, 0.25) is 7.42 Å². The summed E-state index contributed by atoms with van der Waals surface area (Å²) in [5, 5.41) is 8.36. The van der Waals surface area contributed by atoms with Crippen molar-refractivity contribution in [1.82, 2.24) is 0 Å². The highest BCUT2D eigenvalue weighted by Crippen LogP contribution is 2.18. The van der Waals surface area contributed by atoms with Gasteiger partial charge in [-0.2, -0.15) is 27.4 Å². The van der Waals surface area contributed by atoms with Gasteiger partial charge in [0.1, 0.15) is 0 Å². The maximum atomic E-state index is 8.36. The molecule has 0 aliphatic heterocycles. The molecule has 0 heterocycles. The first kappa shape index (κ1) is 10.3. The highest BCUT2D eigenvalue weighted by Gasteiger charge is 2.11. The van der Waals surface area contributed by atoms with Crippen LogP contribution in [0.1, 0.15) is 19.8 Å². The van der Waals surface area contributed by atoms with Crippen molar-refractivity contribution in [1.29, 1.82) is 5.26 Å². The second kappa shape index (κ2) is 6.03. The van der Waals surface area contributed by atoms with Gasteiger partial charge >= 0.3 is 0 Å². The van der Waals surface area contributed by atoms with Gasteiger partial charge in [-0.05, 0) is 12.0 Å². The first-order chi connectivity index (χ1) is 4.70. The summed E-state index contributed by atoms with van der Waals surface area (Å²) in [6, 6.07) is 3.00. The van der Waals surface area contributed by atoms with E-state index in [9.17, 15) is 0 Å². The largest absolute Gasteiger partial charge is 0.237 e. The van der Waals surface area contributed by atoms with E-state index in [1.807, 2.05) is 0 Å². The summed E-state index contributed by atoms with van der Waals surface area (Å²) in [6.45, 7) is 2.06. The van der Waals surface area contributed by atoms with E-state index in [1.54, 1.807) is 0 Å². The molecule has 0 fully saturated rings. The van der Waals surface area contributed by atoms with E-state index < -0.39 is 7.42 Å². The van der Waals surface area contributed by atoms with Crippen LogP contribution in [-0.4, -0.2) is 7.42 Å². The average molecular weight is 196 g/mol. The van der Waals surface area contributed by atoms with E-state index in [0.717, 1.165) is 12.5 Å². The molecule has 1 nitrogen and oxygen atoms in total. The Bertz CT molecular complexity index is 121. The minimum atomic E-state index is -1.48. The Labute approximate surface area is 73.0 Å². The van der Waals surface area contributed by atoms with Crippen molar-refractivity contribution in [2.45, 2.75) is 25.8 Å². The lowest BCUT2D eigenvalue weighted by atomic mass is 10.1. The third kappa shape index (κ3) is 5.10. The van der Waals surface area contributed by atoms with Crippen LogP contribution in [0.3, 0.4) is 0 Å². The molecular weight excluding hydrogens is 185 g/mol. The van der Waals surface area contributed by atoms with Crippen LogP contribution in [0.2, 0.25) is 6.04 Å². The molecule has 0 aromatic rings. The van der Waals surface area contributed by atoms with Crippen molar-refractivity contribution >= 4 is 29.6 Å². The molecule has 0 spiro atoms. The number of rotatable bonds is 4. The van der Waals surface area contributed by atoms with E-state index >= 15 is 0 Å². The van der Waals surface area contributed by atoms with Crippen molar-refractivity contribution in [2.24, 2.45) is 5.92 Å². The fraction of sp³-hybridized carbons (Fsp3) is 0.833. The molecule has 0 saturated heterocycles. The van der Waals surface area contributed by atoms with E-state index in [0.29, 0.717) is 12.3 Å². The molecule has 0 aromatic carbocycles. The van der Waals surface area contributed by atoms with Gasteiger partial charge in [0.05, 0.1) is 6.07 Å². The Morgan fingerprint density at radius 3 is 2.50 bits per heavy atom. The Morgan fingerprint density at radius 2 is 2.20 bits per heavy atom. The molecular formula is C6H11Cl2NSi. The third-order valence-electron chi connectivity index (χ3n) is 1.47. The van der Waals surface area contributed by atoms with Crippen molar-refractivity contribution in [3.8, 4) is 6.07 Å². The maximum Gasteiger partial charge on any atom is 0.237 e. The molecule has 0 aromatic heterocycles. The quantitative estimate of drug-likeness (QED) is 0.500. The Hall–Kier alpha value is 0.287. The van der Waals surface area contributed by atoms with Crippen molar-refractivity contribution < 1.29 is 0 Å². The summed E-state index contributed by atoms with van der Waals surface area (Å²) in [4.78, 5) is 0. The molecule has 0 rings (SSSR count). The Balaban J connectivity index is 3.52. The van der Waals surface area contributed by atoms with Gasteiger partial charge in [-0.1, -0.05) is 13.3 Å². The zero-order chi connectivity index (χ0) is 7.98. The van der Waals surface area contributed by atoms with Crippen LogP contribution >= 0.6 is 22.2 Å². The second-order valence-corrected chi connectivity index (χ2v) is 7.35. The number of nitriles is 1. The monoisotopic (exact) mass is 195 g/mol. The molecule has 0 bridgehead atoms. The topological polar surface area (TPSA) is 23.8 Å². The minimum absolute atomic E-state index is 0.427. The lowest BCUT2D eigenvalue weighted by Gasteiger charge is -2.08. The van der Waals surface area contributed by atoms with Crippen LogP contribution in [-0.2, 0) is 0 Å². The predicted octanol–water partition coefficient (Wildman–Crippen LogP) is 2.62. The summed E-state index contributed by atoms with van der Waals surface area (Å²) >= 11 is 11.4. The number of nitrogens with zero attached hydrogens (tertiary/aromatic N) is 1. The van der Waals surface area contributed by atoms with Crippen LogP contribution in [0.5, 0.6) is 0 Å². The second-order valence-electron chi connectivity index (χ2n) is 2.26. The molecule has 58 valence electrons. The smallest absolute Gasteiger partial charge is 0.198 e. The van der Waals surface area contributed by atoms with Crippen molar-refractivity contribution in [3.63, 3.8) is 0 Å². The van der Waals surface area contributed by atoms with Gasteiger partial charge in [0.25, 0.3) is 0 Å². The van der Waals surface area contributed by atoms with Gasteiger partial charge in [-0.15, -0.1) is 0 Å². The van der Waals surface area contributed by atoms with Gasteiger partial charge in [-0.25, -0.2) is 0 Å². The molecule has 0 amide bonds. The number of halogens is 2. The molecule has 0 aliphatic rings. The van der Waals surface area contributed by atoms with E-state index in [1.165, 1.54) is 0 Å². The predicted molar refractivity (Wildman–Crippen MR) is 47.7 cm³/mol.